The molecule has 7 heteroatoms. The number of benzene rings is 2. The van der Waals surface area contributed by atoms with Crippen LogP contribution in [0.5, 0.6) is 11.5 Å². The Morgan fingerprint density at radius 3 is 2.48 bits per heavy atom. The first-order valence-electron chi connectivity index (χ1n) is 7.85. The van der Waals surface area contributed by atoms with Gasteiger partial charge in [0.1, 0.15) is 11.6 Å². The number of carbonyl (C=O) groups excluding carboxylic acids is 2. The molecule has 0 aromatic heterocycles. The first-order valence-corrected chi connectivity index (χ1v) is 8.93. The van der Waals surface area contributed by atoms with Gasteiger partial charge in [-0.1, -0.05) is 12.1 Å². The Hall–Kier alpha value is -2.86. The van der Waals surface area contributed by atoms with E-state index in [1.807, 2.05) is 6.07 Å². The topological polar surface area (TPSA) is 88.4 Å². The van der Waals surface area contributed by atoms with E-state index in [0.717, 1.165) is 3.57 Å². The highest BCUT2D eigenvalue weighted by molar-refractivity contribution is 14.1. The molecule has 0 aliphatic carbocycles. The van der Waals surface area contributed by atoms with Crippen LogP contribution in [0.15, 0.2) is 42.0 Å². The fourth-order valence-corrected chi connectivity index (χ4v) is 3.27. The first kappa shape index (κ1) is 20.5. The highest BCUT2D eigenvalue weighted by atomic mass is 127. The lowest BCUT2D eigenvalue weighted by atomic mass is 10.1. The van der Waals surface area contributed by atoms with Crippen molar-refractivity contribution in [1.29, 1.82) is 5.26 Å². The number of hydrogen-bond donors (Lipinski definition) is 1. The summed E-state index contributed by atoms with van der Waals surface area (Å²) in [7, 11) is 3.05. The van der Waals surface area contributed by atoms with Gasteiger partial charge >= 0.3 is 0 Å². The third-order valence-electron chi connectivity index (χ3n) is 3.69. The predicted octanol–water partition coefficient (Wildman–Crippen LogP) is 4.06. The lowest BCUT2D eigenvalue weighted by Gasteiger charge is -2.11. The highest BCUT2D eigenvalue weighted by Gasteiger charge is 2.15. The Bertz CT molecular complexity index is 961. The lowest BCUT2D eigenvalue weighted by Crippen LogP contribution is -2.15. The normalized spacial score (nSPS) is 10.7. The van der Waals surface area contributed by atoms with Crippen LogP contribution in [0.4, 0.5) is 5.69 Å². The molecule has 27 heavy (non-hydrogen) atoms. The fraction of sp³-hybridized carbons (Fsp3) is 0.150. The van der Waals surface area contributed by atoms with E-state index in [-0.39, 0.29) is 11.4 Å². The van der Waals surface area contributed by atoms with Gasteiger partial charge in [-0.15, -0.1) is 0 Å². The molecule has 1 amide bonds. The number of Topliss-reactive ketones (excluding diaryl/α,β-unsaturated/α-hetero) is 1. The molecule has 0 bridgehead atoms. The summed E-state index contributed by atoms with van der Waals surface area (Å²) < 4.78 is 11.4. The van der Waals surface area contributed by atoms with E-state index >= 15 is 0 Å². The Balaban J connectivity index is 2.37. The Morgan fingerprint density at radius 1 is 1.19 bits per heavy atom. The molecule has 0 aliphatic rings. The third kappa shape index (κ3) is 4.86. The van der Waals surface area contributed by atoms with Gasteiger partial charge in [0.2, 0.25) is 0 Å². The summed E-state index contributed by atoms with van der Waals surface area (Å²) in [5.74, 6) is 0.294. The van der Waals surface area contributed by atoms with Crippen molar-refractivity contribution in [3.8, 4) is 17.6 Å². The number of amides is 1. The van der Waals surface area contributed by atoms with Crippen LogP contribution in [0.25, 0.3) is 6.08 Å². The molecule has 0 atom stereocenters. The van der Waals surface area contributed by atoms with E-state index in [1.165, 1.54) is 27.2 Å². The van der Waals surface area contributed by atoms with Crippen LogP contribution in [0, 0.1) is 14.9 Å². The minimum absolute atomic E-state index is 0.101. The number of para-hydroxylation sites is 1. The SMILES string of the molecule is COc1cc(/C=C(/C#N)C(=O)Nc2ccccc2C(C)=O)cc(I)c1OC. The van der Waals surface area contributed by atoms with Crippen molar-refractivity contribution in [3.63, 3.8) is 0 Å². The number of nitrogens with one attached hydrogen (secondary N) is 1. The second-order valence-electron chi connectivity index (χ2n) is 5.46. The molecule has 0 spiro atoms. The zero-order chi connectivity index (χ0) is 20.0. The van der Waals surface area contributed by atoms with Crippen LogP contribution in [-0.4, -0.2) is 25.9 Å². The molecule has 0 fully saturated rings. The zero-order valence-corrected chi connectivity index (χ0v) is 17.2. The molecule has 0 saturated carbocycles. The molecule has 2 aromatic carbocycles. The molecule has 0 aliphatic heterocycles. The van der Waals surface area contributed by atoms with Crippen molar-refractivity contribution in [2.45, 2.75) is 6.92 Å². The van der Waals surface area contributed by atoms with Gasteiger partial charge in [0, 0.05) is 5.56 Å². The fourth-order valence-electron chi connectivity index (χ4n) is 2.43. The highest BCUT2D eigenvalue weighted by Crippen LogP contribution is 2.34. The Kier molecular flexibility index (Phi) is 6.96. The number of methoxy groups -OCH3 is 2. The van der Waals surface area contributed by atoms with Crippen molar-refractivity contribution in [2.75, 3.05) is 19.5 Å². The van der Waals surface area contributed by atoms with E-state index < -0.39 is 5.91 Å². The molecule has 0 unspecified atom stereocenters. The number of ketones is 1. The number of nitrogens with zero attached hydrogens (tertiary/aromatic N) is 1. The van der Waals surface area contributed by atoms with E-state index in [0.29, 0.717) is 28.3 Å². The molecule has 1 N–H and O–H groups in total. The maximum Gasteiger partial charge on any atom is 0.266 e. The van der Waals surface area contributed by atoms with E-state index in [9.17, 15) is 14.9 Å². The van der Waals surface area contributed by atoms with Crippen molar-refractivity contribution in [1.82, 2.24) is 0 Å². The van der Waals surface area contributed by atoms with Gasteiger partial charge in [0.15, 0.2) is 17.3 Å². The quantitative estimate of drug-likeness (QED) is 0.294. The van der Waals surface area contributed by atoms with Crippen LogP contribution in [0.1, 0.15) is 22.8 Å². The summed E-state index contributed by atoms with van der Waals surface area (Å²) >= 11 is 2.09. The van der Waals surface area contributed by atoms with E-state index in [1.54, 1.807) is 36.4 Å². The van der Waals surface area contributed by atoms with Gasteiger partial charge in [0.05, 0.1) is 23.5 Å². The van der Waals surface area contributed by atoms with Crippen LogP contribution in [0.2, 0.25) is 0 Å². The summed E-state index contributed by atoms with van der Waals surface area (Å²) in [6.45, 7) is 1.41. The number of hydrogen-bond acceptors (Lipinski definition) is 5. The van der Waals surface area contributed by atoms with Gasteiger partial charge in [-0.05, 0) is 65.4 Å². The summed E-state index contributed by atoms with van der Waals surface area (Å²) in [6, 6.07) is 12.0. The summed E-state index contributed by atoms with van der Waals surface area (Å²) in [5, 5.41) is 12.0. The third-order valence-corrected chi connectivity index (χ3v) is 4.49. The van der Waals surface area contributed by atoms with Crippen molar-refractivity contribution >= 4 is 46.0 Å². The molecule has 6 nitrogen and oxygen atoms in total. The van der Waals surface area contributed by atoms with Crippen LogP contribution in [-0.2, 0) is 4.79 Å². The minimum atomic E-state index is -0.601. The van der Waals surface area contributed by atoms with Gasteiger partial charge in [-0.3, -0.25) is 9.59 Å². The second kappa shape index (κ2) is 9.19. The lowest BCUT2D eigenvalue weighted by molar-refractivity contribution is -0.112. The largest absolute Gasteiger partial charge is 0.493 e. The second-order valence-corrected chi connectivity index (χ2v) is 6.63. The molecule has 0 radical (unpaired) electrons. The van der Waals surface area contributed by atoms with Crippen molar-refractivity contribution in [2.24, 2.45) is 0 Å². The first-order chi connectivity index (χ1) is 12.9. The molecule has 2 aromatic rings. The summed E-state index contributed by atoms with van der Waals surface area (Å²) in [6.07, 6.45) is 1.45. The van der Waals surface area contributed by atoms with Crippen molar-refractivity contribution in [3.05, 3.63) is 56.7 Å². The number of carbonyl (C=O) groups is 2. The Morgan fingerprint density at radius 2 is 1.89 bits per heavy atom. The average Bonchev–Trinajstić information content (AvgIpc) is 2.65. The maximum absolute atomic E-state index is 12.5. The van der Waals surface area contributed by atoms with Gasteiger partial charge in [-0.25, -0.2) is 0 Å². The van der Waals surface area contributed by atoms with Crippen LogP contribution >= 0.6 is 22.6 Å². The smallest absolute Gasteiger partial charge is 0.266 e. The number of anilines is 1. The summed E-state index contributed by atoms with van der Waals surface area (Å²) in [4.78, 5) is 24.2. The van der Waals surface area contributed by atoms with E-state index in [4.69, 9.17) is 9.47 Å². The average molecular weight is 476 g/mol. The number of rotatable bonds is 6. The van der Waals surface area contributed by atoms with Crippen molar-refractivity contribution < 1.29 is 19.1 Å². The predicted molar refractivity (Wildman–Crippen MR) is 111 cm³/mol. The number of ether oxygens (including phenoxy) is 2. The van der Waals surface area contributed by atoms with Gasteiger partial charge < -0.3 is 14.8 Å². The Labute approximate surface area is 170 Å². The zero-order valence-electron chi connectivity index (χ0n) is 15.0. The minimum Gasteiger partial charge on any atom is -0.493 e. The number of nitriles is 1. The summed E-state index contributed by atoms with van der Waals surface area (Å²) in [5.41, 5.74) is 1.25. The van der Waals surface area contributed by atoms with Gasteiger partial charge in [0.25, 0.3) is 5.91 Å². The van der Waals surface area contributed by atoms with E-state index in [2.05, 4.69) is 27.9 Å². The van der Waals surface area contributed by atoms with Crippen LogP contribution in [0.3, 0.4) is 0 Å². The molecule has 138 valence electrons. The number of halogens is 1. The molecular formula is C20H17IN2O4. The van der Waals surface area contributed by atoms with Gasteiger partial charge in [-0.2, -0.15) is 5.26 Å². The monoisotopic (exact) mass is 476 g/mol. The standard InChI is InChI=1S/C20H17IN2O4/c1-12(24)15-6-4-5-7-17(15)23-20(25)14(11-22)8-13-9-16(21)19(27-3)18(10-13)26-2/h4-10H,1-3H3,(H,23,25)/b14-8-. The van der Waals surface area contributed by atoms with Crippen LogP contribution < -0.4 is 14.8 Å². The molecule has 0 heterocycles. The maximum atomic E-state index is 12.5. The molecular weight excluding hydrogens is 459 g/mol. The molecule has 2 rings (SSSR count). The molecule has 0 saturated heterocycles.